The second kappa shape index (κ2) is 41.4. The summed E-state index contributed by atoms with van der Waals surface area (Å²) in [4.78, 5) is 20.7. The molecule has 0 saturated heterocycles. The van der Waals surface area contributed by atoms with Crippen molar-refractivity contribution in [3.8, 4) is 0 Å². The minimum Gasteiger partial charge on any atom is -0.481 e. The van der Waals surface area contributed by atoms with Gasteiger partial charge < -0.3 is 10.2 Å². The number of unbranched alkanes of at least 4 members (excludes halogenated alkanes) is 26. The summed E-state index contributed by atoms with van der Waals surface area (Å²) in [6.45, 7) is 4.53. The van der Waals surface area contributed by atoms with Crippen LogP contribution in [0, 0.1) is 0 Å². The summed E-state index contributed by atoms with van der Waals surface area (Å²) >= 11 is 0. The number of rotatable bonds is 34. The van der Waals surface area contributed by atoms with Crippen LogP contribution in [0.4, 0.5) is 0 Å². The summed E-state index contributed by atoms with van der Waals surface area (Å²) in [5.74, 6) is -1.32. The third kappa shape index (κ3) is 47.4. The van der Waals surface area contributed by atoms with E-state index < -0.39 is 11.9 Å². The minimum atomic E-state index is -0.659. The van der Waals surface area contributed by atoms with Gasteiger partial charge in [0.05, 0.1) is 0 Å². The maximum absolute atomic E-state index is 10.4. The average Bonchev–Trinajstić information content (AvgIpc) is 3.00. The first-order chi connectivity index (χ1) is 21.5. The molecule has 0 atom stereocenters. The van der Waals surface area contributed by atoms with Crippen LogP contribution in [0.1, 0.15) is 219 Å². The van der Waals surface area contributed by atoms with E-state index in [9.17, 15) is 9.59 Å². The fourth-order valence-corrected chi connectivity index (χ4v) is 5.40. The Kier molecular flexibility index (Phi) is 41.9. The second-order valence-corrected chi connectivity index (χ2v) is 12.9. The van der Waals surface area contributed by atoms with E-state index >= 15 is 0 Å². The molecule has 0 aliphatic carbocycles. The summed E-state index contributed by atoms with van der Waals surface area (Å²) in [6.07, 6.45) is 48.3. The van der Waals surface area contributed by atoms with E-state index in [1.807, 2.05) is 0 Å². The molecule has 0 spiro atoms. The minimum absolute atomic E-state index is 0.337. The summed E-state index contributed by atoms with van der Waals surface area (Å²) in [7, 11) is 0. The molecule has 44 heavy (non-hydrogen) atoms. The van der Waals surface area contributed by atoms with E-state index in [0.717, 1.165) is 25.7 Å². The zero-order valence-corrected chi connectivity index (χ0v) is 29.6. The zero-order valence-electron chi connectivity index (χ0n) is 29.6. The quantitative estimate of drug-likeness (QED) is 0.0554. The number of hydrogen-bond donors (Lipinski definition) is 2. The monoisotopic (exact) mass is 621 g/mol. The molecule has 0 aromatic heterocycles. The van der Waals surface area contributed by atoms with Gasteiger partial charge in [0.25, 0.3) is 0 Å². The lowest BCUT2D eigenvalue weighted by Crippen LogP contribution is -1.93. The number of hydrogen-bond acceptors (Lipinski definition) is 2. The van der Waals surface area contributed by atoms with E-state index in [1.165, 1.54) is 167 Å². The summed E-state index contributed by atoms with van der Waals surface area (Å²) in [5.41, 5.74) is 0. The van der Waals surface area contributed by atoms with Crippen LogP contribution < -0.4 is 0 Å². The molecule has 0 radical (unpaired) electrons. The highest BCUT2D eigenvalue weighted by Crippen LogP contribution is 2.13. The molecule has 260 valence electrons. The average molecular weight is 621 g/mol. The largest absolute Gasteiger partial charge is 0.481 e. The van der Waals surface area contributed by atoms with Crippen LogP contribution in [0.15, 0.2) is 24.3 Å². The lowest BCUT2D eigenvalue weighted by atomic mass is 10.1. The van der Waals surface area contributed by atoms with Crippen molar-refractivity contribution >= 4 is 11.9 Å². The Hall–Kier alpha value is -1.58. The van der Waals surface area contributed by atoms with Crippen molar-refractivity contribution in [3.05, 3.63) is 24.3 Å². The Morgan fingerprint density at radius 2 is 0.545 bits per heavy atom. The SMILES string of the molecule is CCCCCCCCC=CCCCCCCCCCC(=O)O.CCCCCCCCC=CCCCCCCCCCC(=O)O. The van der Waals surface area contributed by atoms with Crippen LogP contribution in [-0.2, 0) is 9.59 Å². The third-order valence-corrected chi connectivity index (χ3v) is 8.30. The summed E-state index contributed by atoms with van der Waals surface area (Å²) < 4.78 is 0. The van der Waals surface area contributed by atoms with Crippen molar-refractivity contribution in [2.24, 2.45) is 0 Å². The van der Waals surface area contributed by atoms with E-state index in [4.69, 9.17) is 10.2 Å². The van der Waals surface area contributed by atoms with Crippen molar-refractivity contribution in [2.45, 2.75) is 219 Å². The Bertz CT molecular complexity index is 571. The highest BCUT2D eigenvalue weighted by Gasteiger charge is 1.97. The van der Waals surface area contributed by atoms with Gasteiger partial charge in [-0.3, -0.25) is 9.59 Å². The molecular weight excluding hydrogens is 544 g/mol. The fourth-order valence-electron chi connectivity index (χ4n) is 5.40. The van der Waals surface area contributed by atoms with Gasteiger partial charge in [0.2, 0.25) is 0 Å². The van der Waals surface area contributed by atoms with Crippen molar-refractivity contribution in [3.63, 3.8) is 0 Å². The van der Waals surface area contributed by atoms with Crippen LogP contribution in [0.25, 0.3) is 0 Å². The van der Waals surface area contributed by atoms with Crippen molar-refractivity contribution in [2.75, 3.05) is 0 Å². The first-order valence-corrected chi connectivity index (χ1v) is 19.3. The van der Waals surface area contributed by atoms with Crippen LogP contribution in [0.3, 0.4) is 0 Å². The van der Waals surface area contributed by atoms with E-state index in [0.29, 0.717) is 12.8 Å². The van der Waals surface area contributed by atoms with Gasteiger partial charge in [0, 0.05) is 12.8 Å². The molecule has 0 aromatic carbocycles. The Morgan fingerprint density at radius 3 is 0.773 bits per heavy atom. The number of aliphatic carboxylic acids is 2. The highest BCUT2D eigenvalue weighted by molar-refractivity contribution is 5.66. The second-order valence-electron chi connectivity index (χ2n) is 12.9. The number of carboxylic acid groups (broad SMARTS) is 2. The zero-order chi connectivity index (χ0) is 32.6. The van der Waals surface area contributed by atoms with E-state index in [-0.39, 0.29) is 0 Å². The molecule has 0 saturated carbocycles. The highest BCUT2D eigenvalue weighted by atomic mass is 16.4. The predicted molar refractivity (Wildman–Crippen MR) is 193 cm³/mol. The molecule has 0 aliphatic heterocycles. The molecular formula is C40H76O4. The fraction of sp³-hybridized carbons (Fsp3) is 0.850. The predicted octanol–water partition coefficient (Wildman–Crippen LogP) is 13.8. The molecule has 0 unspecified atom stereocenters. The van der Waals surface area contributed by atoms with Gasteiger partial charge in [0.15, 0.2) is 0 Å². The van der Waals surface area contributed by atoms with Gasteiger partial charge in [-0.15, -0.1) is 0 Å². The number of carbonyl (C=O) groups is 2. The summed E-state index contributed by atoms with van der Waals surface area (Å²) in [5, 5.41) is 17.1. The smallest absolute Gasteiger partial charge is 0.303 e. The molecule has 0 aliphatic rings. The van der Waals surface area contributed by atoms with Gasteiger partial charge in [-0.2, -0.15) is 0 Å². The first-order valence-electron chi connectivity index (χ1n) is 19.3. The van der Waals surface area contributed by atoms with Gasteiger partial charge >= 0.3 is 11.9 Å². The van der Waals surface area contributed by atoms with Gasteiger partial charge in [-0.25, -0.2) is 0 Å². The Labute approximate surface area is 275 Å². The van der Waals surface area contributed by atoms with E-state index in [1.54, 1.807) is 0 Å². The Balaban J connectivity index is 0. The molecule has 0 heterocycles. The normalized spacial score (nSPS) is 11.3. The van der Waals surface area contributed by atoms with Crippen LogP contribution in [0.2, 0.25) is 0 Å². The van der Waals surface area contributed by atoms with Gasteiger partial charge in [-0.1, -0.05) is 167 Å². The topological polar surface area (TPSA) is 74.6 Å². The maximum Gasteiger partial charge on any atom is 0.303 e. The van der Waals surface area contributed by atoms with Crippen LogP contribution in [0.5, 0.6) is 0 Å². The van der Waals surface area contributed by atoms with Crippen molar-refractivity contribution < 1.29 is 19.8 Å². The molecule has 4 nitrogen and oxygen atoms in total. The standard InChI is InChI=1S/2C20H38O2/c2*1-2-3-4-5-6-7-8-9-10-11-12-13-14-15-16-17-18-19-20(21)22/h2*9-10H,2-8,11-19H2,1H3,(H,21,22). The maximum atomic E-state index is 10.4. The van der Waals surface area contributed by atoms with E-state index in [2.05, 4.69) is 38.2 Å². The number of carboxylic acids is 2. The van der Waals surface area contributed by atoms with Gasteiger partial charge in [0.1, 0.15) is 0 Å². The van der Waals surface area contributed by atoms with Gasteiger partial charge in [-0.05, 0) is 64.2 Å². The molecule has 4 heteroatoms. The molecule has 0 fully saturated rings. The summed E-state index contributed by atoms with van der Waals surface area (Å²) in [6, 6.07) is 0. The van der Waals surface area contributed by atoms with Crippen molar-refractivity contribution in [1.29, 1.82) is 0 Å². The Morgan fingerprint density at radius 1 is 0.341 bits per heavy atom. The molecule has 2 N–H and O–H groups in total. The lowest BCUT2D eigenvalue weighted by molar-refractivity contribution is -0.138. The van der Waals surface area contributed by atoms with Crippen molar-refractivity contribution in [1.82, 2.24) is 0 Å². The first kappa shape index (κ1) is 44.5. The number of allylic oxidation sites excluding steroid dienone is 4. The third-order valence-electron chi connectivity index (χ3n) is 8.30. The molecule has 0 rings (SSSR count). The molecule has 0 bridgehead atoms. The lowest BCUT2D eigenvalue weighted by Gasteiger charge is -2.00. The van der Waals surface area contributed by atoms with Crippen LogP contribution in [-0.4, -0.2) is 22.2 Å². The molecule has 0 amide bonds. The molecule has 0 aromatic rings. The van der Waals surface area contributed by atoms with Crippen LogP contribution >= 0.6 is 0 Å².